The molecule has 0 saturated heterocycles. The zero-order chi connectivity index (χ0) is 24.7. The summed E-state index contributed by atoms with van der Waals surface area (Å²) in [7, 11) is 0. The van der Waals surface area contributed by atoms with Crippen LogP contribution < -0.4 is 0 Å². The van der Waals surface area contributed by atoms with Gasteiger partial charge in [0.1, 0.15) is 4.38 Å². The monoisotopic (exact) mass is 515 g/mol. The maximum Gasteiger partial charge on any atom is 0.416 e. The van der Waals surface area contributed by atoms with Gasteiger partial charge < -0.3 is 0 Å². The number of aliphatic imine (C=N–C) groups is 1. The smallest absolute Gasteiger partial charge is 0.266 e. The first-order valence-electron chi connectivity index (χ1n) is 9.84. The molecular weight excluding hydrogens is 500 g/mol. The van der Waals surface area contributed by atoms with E-state index in [-0.39, 0.29) is 24.1 Å². The Hall–Kier alpha value is -2.73. The van der Waals surface area contributed by atoms with Crippen LogP contribution in [0.15, 0.2) is 52.5 Å². The van der Waals surface area contributed by atoms with Crippen molar-refractivity contribution < 1.29 is 31.1 Å². The van der Waals surface area contributed by atoms with Crippen LogP contribution in [0.4, 0.5) is 26.3 Å². The van der Waals surface area contributed by atoms with Crippen LogP contribution in [0.25, 0.3) is 17.0 Å². The van der Waals surface area contributed by atoms with Gasteiger partial charge in [-0.2, -0.15) is 36.4 Å². The molecule has 2 heterocycles. The van der Waals surface area contributed by atoms with E-state index in [0.29, 0.717) is 31.8 Å². The van der Waals surface area contributed by atoms with Gasteiger partial charge in [0.25, 0.3) is 5.91 Å². The number of carbonyl (C=O) groups excluding carboxylic acids is 1. The fraction of sp³-hybridized carbons (Fsp3) is 0.227. The summed E-state index contributed by atoms with van der Waals surface area (Å²) in [6.07, 6.45) is -6.72. The quantitative estimate of drug-likeness (QED) is 0.282. The number of fused-ring (bicyclic) bond motifs is 1. The Morgan fingerprint density at radius 3 is 2.50 bits per heavy atom. The molecule has 0 saturated carbocycles. The first-order chi connectivity index (χ1) is 16.0. The highest BCUT2D eigenvalue weighted by Gasteiger charge is 2.38. The van der Waals surface area contributed by atoms with Crippen LogP contribution in [-0.4, -0.2) is 25.8 Å². The minimum absolute atomic E-state index is 0.120. The van der Waals surface area contributed by atoms with Crippen LogP contribution in [-0.2, 0) is 23.7 Å². The third-order valence-electron chi connectivity index (χ3n) is 4.90. The highest BCUT2D eigenvalue weighted by atomic mass is 32.2. The van der Waals surface area contributed by atoms with Gasteiger partial charge in [-0.05, 0) is 47.2 Å². The molecule has 0 N–H and O–H groups in total. The van der Waals surface area contributed by atoms with Gasteiger partial charge in [-0.1, -0.05) is 42.6 Å². The Morgan fingerprint density at radius 1 is 1.06 bits per heavy atom. The van der Waals surface area contributed by atoms with Crippen molar-refractivity contribution in [2.24, 2.45) is 4.99 Å². The third kappa shape index (κ3) is 5.17. The molecule has 3 aromatic rings. The highest BCUT2D eigenvalue weighted by molar-refractivity contribution is 8.41. The molecule has 0 atom stereocenters. The van der Waals surface area contributed by atoms with E-state index in [2.05, 4.69) is 10.1 Å². The lowest BCUT2D eigenvalue weighted by Crippen LogP contribution is -2.15. The Kier molecular flexibility index (Phi) is 6.56. The molecule has 1 aliphatic heterocycles. The second kappa shape index (κ2) is 9.14. The maximum absolute atomic E-state index is 13.5. The van der Waals surface area contributed by atoms with Crippen molar-refractivity contribution >= 4 is 50.8 Å². The summed E-state index contributed by atoms with van der Waals surface area (Å²) < 4.78 is 81.1. The number of carbonyl (C=O) groups is 1. The van der Waals surface area contributed by atoms with Gasteiger partial charge in [0.15, 0.2) is 0 Å². The molecule has 0 aliphatic carbocycles. The maximum atomic E-state index is 13.5. The molecule has 1 aliphatic rings. The summed E-state index contributed by atoms with van der Waals surface area (Å²) in [6.45, 7) is 1.59. The Bertz CT molecular complexity index is 1320. The summed E-state index contributed by atoms with van der Waals surface area (Å²) in [5.41, 5.74) is -1.87. The zero-order valence-electron chi connectivity index (χ0n) is 17.4. The zero-order valence-corrected chi connectivity index (χ0v) is 19.0. The molecule has 4 rings (SSSR count). The van der Waals surface area contributed by atoms with Crippen molar-refractivity contribution in [2.45, 2.75) is 25.8 Å². The van der Waals surface area contributed by atoms with Crippen molar-refractivity contribution in [3.8, 4) is 0 Å². The number of amides is 1. The van der Waals surface area contributed by atoms with Crippen molar-refractivity contribution in [1.29, 1.82) is 0 Å². The lowest BCUT2D eigenvalue weighted by atomic mass is 10.0. The van der Waals surface area contributed by atoms with Gasteiger partial charge in [0.05, 0.1) is 34.3 Å². The minimum atomic E-state index is -4.96. The number of nitrogens with zero attached hydrogens (tertiary/aromatic N) is 3. The molecule has 34 heavy (non-hydrogen) atoms. The first kappa shape index (κ1) is 24.4. The average molecular weight is 516 g/mol. The Morgan fingerprint density at radius 2 is 1.82 bits per heavy atom. The molecule has 0 fully saturated rings. The van der Waals surface area contributed by atoms with Crippen molar-refractivity contribution in [2.75, 3.05) is 5.75 Å². The summed E-state index contributed by atoms with van der Waals surface area (Å²) in [5, 5.41) is 4.72. The van der Waals surface area contributed by atoms with E-state index in [1.165, 1.54) is 34.4 Å². The number of thioether (sulfide) groups is 2. The van der Waals surface area contributed by atoms with Crippen LogP contribution in [0.2, 0.25) is 0 Å². The average Bonchev–Trinajstić information content (AvgIpc) is 3.29. The van der Waals surface area contributed by atoms with E-state index in [1.807, 2.05) is 6.92 Å². The van der Waals surface area contributed by atoms with Crippen molar-refractivity contribution in [3.63, 3.8) is 0 Å². The summed E-state index contributed by atoms with van der Waals surface area (Å²) in [5.74, 6) is 0.450. The van der Waals surface area contributed by atoms with Gasteiger partial charge >= 0.3 is 12.4 Å². The highest BCUT2D eigenvalue weighted by Crippen LogP contribution is 2.38. The largest absolute Gasteiger partial charge is 0.416 e. The first-order valence-corrected chi connectivity index (χ1v) is 11.6. The van der Waals surface area contributed by atoms with Crippen molar-refractivity contribution in [3.05, 3.63) is 69.8 Å². The van der Waals surface area contributed by atoms with Gasteiger partial charge in [0.2, 0.25) is 0 Å². The summed E-state index contributed by atoms with van der Waals surface area (Å²) >= 11 is 2.74. The lowest BCUT2D eigenvalue weighted by molar-refractivity contribution is -0.143. The molecule has 1 amide bonds. The van der Waals surface area contributed by atoms with Crippen molar-refractivity contribution in [1.82, 2.24) is 9.78 Å². The predicted molar refractivity (Wildman–Crippen MR) is 121 cm³/mol. The van der Waals surface area contributed by atoms with Gasteiger partial charge in [-0.3, -0.25) is 9.48 Å². The Labute approximate surface area is 198 Å². The SMILES string of the molecule is CCSC1=NC(=O)C(=Cc2ccc3c(cnn3Cc3ccc(C(F)(F)F)cc3C(F)(F)F)c2)S1. The number of hydrogen-bond donors (Lipinski definition) is 0. The molecule has 12 heteroatoms. The van der Waals surface area contributed by atoms with E-state index < -0.39 is 23.5 Å². The third-order valence-corrected chi connectivity index (χ3v) is 6.90. The van der Waals surface area contributed by atoms with E-state index >= 15 is 0 Å². The Balaban J connectivity index is 1.63. The molecular formula is C22H15F6N3OS2. The van der Waals surface area contributed by atoms with Crippen LogP contribution >= 0.6 is 23.5 Å². The number of hydrogen-bond acceptors (Lipinski definition) is 4. The molecule has 4 nitrogen and oxygen atoms in total. The molecule has 2 aromatic carbocycles. The molecule has 1 aromatic heterocycles. The topological polar surface area (TPSA) is 47.2 Å². The second-order valence-corrected chi connectivity index (χ2v) is 9.76. The van der Waals surface area contributed by atoms with Gasteiger partial charge in [-0.25, -0.2) is 0 Å². The van der Waals surface area contributed by atoms with Crippen LogP contribution in [0.3, 0.4) is 0 Å². The molecule has 0 unspecified atom stereocenters. The van der Waals surface area contributed by atoms with Crippen LogP contribution in [0.1, 0.15) is 29.2 Å². The molecule has 0 spiro atoms. The van der Waals surface area contributed by atoms with Crippen LogP contribution in [0, 0.1) is 0 Å². The van der Waals surface area contributed by atoms with Gasteiger partial charge in [-0.15, -0.1) is 0 Å². The second-order valence-electron chi connectivity index (χ2n) is 7.21. The number of halogens is 6. The number of alkyl halides is 6. The molecule has 178 valence electrons. The number of benzene rings is 2. The predicted octanol–water partition coefficient (Wildman–Crippen LogP) is 6.85. The van der Waals surface area contributed by atoms with E-state index in [9.17, 15) is 31.1 Å². The minimum Gasteiger partial charge on any atom is -0.266 e. The molecule has 0 radical (unpaired) electrons. The molecule has 0 bridgehead atoms. The number of rotatable bonds is 4. The van der Waals surface area contributed by atoms with E-state index in [1.54, 1.807) is 24.3 Å². The fourth-order valence-corrected chi connectivity index (χ4v) is 5.26. The fourth-order valence-electron chi connectivity index (χ4n) is 3.36. The summed E-state index contributed by atoms with van der Waals surface area (Å²) in [4.78, 5) is 16.5. The standard InChI is InChI=1S/C22H15F6N3OS2/c1-2-33-20-30-19(32)18(34-20)8-12-3-6-17-14(7-12)10-29-31(17)11-13-4-5-15(21(23,24)25)9-16(13)22(26,27)28/h3-10H,2,11H2,1H3. The normalized spacial score (nSPS) is 16.0. The van der Waals surface area contributed by atoms with Gasteiger partial charge in [0, 0.05) is 5.39 Å². The van der Waals surface area contributed by atoms with E-state index in [0.717, 1.165) is 11.8 Å². The number of aromatic nitrogens is 2. The lowest BCUT2D eigenvalue weighted by Gasteiger charge is -2.16. The van der Waals surface area contributed by atoms with Crippen LogP contribution in [0.5, 0.6) is 0 Å². The summed E-state index contributed by atoms with van der Waals surface area (Å²) in [6, 6.07) is 6.62. The van der Waals surface area contributed by atoms with E-state index in [4.69, 9.17) is 0 Å².